The number of anilines is 2. The van der Waals surface area contributed by atoms with Crippen LogP contribution >= 0.6 is 11.6 Å². The molecule has 1 amide bonds. The fraction of sp³-hybridized carbons (Fsp3) is 0.286. The maximum atomic E-state index is 12.8. The summed E-state index contributed by atoms with van der Waals surface area (Å²) in [6.45, 7) is 7.80. The molecule has 1 aliphatic rings. The summed E-state index contributed by atoms with van der Waals surface area (Å²) in [5.74, 6) is 0.707. The van der Waals surface area contributed by atoms with Gasteiger partial charge in [-0.25, -0.2) is 23.2 Å². The molecule has 1 N–H and O–H groups in total. The number of rotatable bonds is 5. The Hall–Kier alpha value is -3.96. The zero-order valence-corrected chi connectivity index (χ0v) is 23.9. The van der Waals surface area contributed by atoms with E-state index < -0.39 is 15.6 Å². The van der Waals surface area contributed by atoms with Crippen LogP contribution in [-0.4, -0.2) is 66.1 Å². The number of fused-ring (bicyclic) bond motifs is 1. The number of carbonyl (C=O) groups is 1. The lowest BCUT2D eigenvalue weighted by molar-refractivity contribution is 0.0240. The second-order valence-electron chi connectivity index (χ2n) is 10.4. The highest BCUT2D eigenvalue weighted by Gasteiger charge is 2.26. The average Bonchev–Trinajstić information content (AvgIpc) is 2.93. The van der Waals surface area contributed by atoms with Crippen LogP contribution in [0.2, 0.25) is 5.15 Å². The van der Waals surface area contributed by atoms with Crippen LogP contribution in [0.25, 0.3) is 22.2 Å². The van der Waals surface area contributed by atoms with Gasteiger partial charge in [0, 0.05) is 37.9 Å². The molecule has 0 saturated carbocycles. The number of benzene rings is 2. The molecule has 0 radical (unpaired) electrons. The molecule has 12 heteroatoms. The number of halogens is 1. The molecule has 10 nitrogen and oxygen atoms in total. The molecule has 208 valence electrons. The van der Waals surface area contributed by atoms with Gasteiger partial charge in [0.1, 0.15) is 11.4 Å². The number of aromatic nitrogens is 3. The van der Waals surface area contributed by atoms with E-state index in [9.17, 15) is 13.2 Å². The molecule has 0 unspecified atom stereocenters. The summed E-state index contributed by atoms with van der Waals surface area (Å²) >= 11 is 6.24. The zero-order chi connectivity index (χ0) is 28.5. The number of hydrogen-bond acceptors (Lipinski definition) is 8. The molecule has 2 aromatic carbocycles. The number of carbonyl (C=O) groups excluding carboxylic acids is 1. The topological polar surface area (TPSA) is 118 Å². The zero-order valence-electron chi connectivity index (χ0n) is 22.3. The number of pyridine rings is 1. The van der Waals surface area contributed by atoms with E-state index in [0.717, 1.165) is 5.56 Å². The normalized spacial score (nSPS) is 14.3. The number of piperazine rings is 1. The predicted octanol–water partition coefficient (Wildman–Crippen LogP) is 5.20. The van der Waals surface area contributed by atoms with E-state index >= 15 is 0 Å². The van der Waals surface area contributed by atoms with Crippen molar-refractivity contribution in [1.82, 2.24) is 19.9 Å². The summed E-state index contributed by atoms with van der Waals surface area (Å²) in [5, 5.41) is 0.0386. The minimum Gasteiger partial charge on any atom is -0.444 e. The quantitative estimate of drug-likeness (QED) is 0.320. The highest BCUT2D eigenvalue weighted by atomic mass is 35.5. The third kappa shape index (κ3) is 6.26. The monoisotopic (exact) mass is 580 g/mol. The Labute approximate surface area is 238 Å². The summed E-state index contributed by atoms with van der Waals surface area (Å²) in [6.07, 6.45) is 2.99. The van der Waals surface area contributed by atoms with Crippen molar-refractivity contribution in [2.75, 3.05) is 35.8 Å². The number of hydrogen-bond donors (Lipinski definition) is 1. The van der Waals surface area contributed by atoms with Gasteiger partial charge in [-0.1, -0.05) is 35.9 Å². The van der Waals surface area contributed by atoms with Gasteiger partial charge in [-0.2, -0.15) is 0 Å². The Morgan fingerprint density at radius 1 is 0.925 bits per heavy atom. The first-order valence-electron chi connectivity index (χ1n) is 12.7. The summed E-state index contributed by atoms with van der Waals surface area (Å²) in [7, 11) is -3.84. The lowest BCUT2D eigenvalue weighted by atomic mass is 10.1. The van der Waals surface area contributed by atoms with Gasteiger partial charge in [-0.3, -0.25) is 9.71 Å². The van der Waals surface area contributed by atoms with Gasteiger partial charge in [0.25, 0.3) is 10.0 Å². The average molecular weight is 581 g/mol. The number of ether oxygens (including phenoxy) is 1. The maximum absolute atomic E-state index is 12.8. The van der Waals surface area contributed by atoms with E-state index in [1.165, 1.54) is 12.1 Å². The standard InChI is InChI=1S/C28H29ClN6O4S/c1-28(2,3)39-27(36)35-13-11-34(12-14-35)25-18-30-22-10-9-19(15-23(22)32-25)20-16-24(26(29)31-17-20)33-40(37,38)21-7-5-4-6-8-21/h4-10,15-18,33H,11-14H2,1-3H3. The minimum absolute atomic E-state index is 0.0386. The molecule has 0 bridgehead atoms. The number of sulfonamides is 1. The molecule has 1 fully saturated rings. The Morgan fingerprint density at radius 3 is 2.35 bits per heavy atom. The van der Waals surface area contributed by atoms with E-state index in [4.69, 9.17) is 21.3 Å². The first-order chi connectivity index (χ1) is 19.0. The van der Waals surface area contributed by atoms with Crippen LogP contribution < -0.4 is 9.62 Å². The Balaban J connectivity index is 1.35. The van der Waals surface area contributed by atoms with Crippen molar-refractivity contribution in [3.8, 4) is 11.1 Å². The molecule has 40 heavy (non-hydrogen) atoms. The fourth-order valence-electron chi connectivity index (χ4n) is 4.26. The van der Waals surface area contributed by atoms with E-state index in [2.05, 4.69) is 19.6 Å². The molecule has 2 aromatic heterocycles. The summed E-state index contributed by atoms with van der Waals surface area (Å²) in [5.41, 5.74) is 2.46. The molecular formula is C28H29ClN6O4S. The van der Waals surface area contributed by atoms with Gasteiger partial charge in [0.2, 0.25) is 0 Å². The van der Waals surface area contributed by atoms with Gasteiger partial charge < -0.3 is 14.5 Å². The molecule has 1 saturated heterocycles. The highest BCUT2D eigenvalue weighted by Crippen LogP contribution is 2.30. The summed E-state index contributed by atoms with van der Waals surface area (Å²) in [4.78, 5) is 29.9. The SMILES string of the molecule is CC(C)(C)OC(=O)N1CCN(c2cnc3ccc(-c4cnc(Cl)c(NS(=O)(=O)c5ccccc5)c4)cc3n2)CC1. The van der Waals surface area contributed by atoms with Crippen molar-refractivity contribution in [3.05, 3.63) is 72.1 Å². The molecule has 0 atom stereocenters. The third-order valence-electron chi connectivity index (χ3n) is 6.26. The lowest BCUT2D eigenvalue weighted by Crippen LogP contribution is -2.50. The van der Waals surface area contributed by atoms with E-state index in [-0.39, 0.29) is 21.8 Å². The van der Waals surface area contributed by atoms with Gasteiger partial charge >= 0.3 is 6.09 Å². The Bertz CT molecular complexity index is 1650. The summed E-state index contributed by atoms with van der Waals surface area (Å²) < 4.78 is 33.7. The molecule has 1 aliphatic heterocycles. The van der Waals surface area contributed by atoms with Crippen LogP contribution in [0.15, 0.2) is 71.9 Å². The van der Waals surface area contributed by atoms with E-state index in [1.54, 1.807) is 41.6 Å². The van der Waals surface area contributed by atoms with Crippen molar-refractivity contribution in [2.45, 2.75) is 31.3 Å². The Morgan fingerprint density at radius 2 is 1.65 bits per heavy atom. The van der Waals surface area contributed by atoms with Crippen molar-refractivity contribution in [3.63, 3.8) is 0 Å². The van der Waals surface area contributed by atoms with Crippen molar-refractivity contribution in [2.24, 2.45) is 0 Å². The van der Waals surface area contributed by atoms with Gasteiger partial charge in [0.05, 0.1) is 27.8 Å². The van der Waals surface area contributed by atoms with Crippen LogP contribution in [0.1, 0.15) is 20.8 Å². The fourth-order valence-corrected chi connectivity index (χ4v) is 5.54. The largest absolute Gasteiger partial charge is 0.444 e. The van der Waals surface area contributed by atoms with E-state index in [0.29, 0.717) is 48.6 Å². The van der Waals surface area contributed by atoms with Gasteiger partial charge in [0.15, 0.2) is 5.15 Å². The van der Waals surface area contributed by atoms with Crippen LogP contribution in [-0.2, 0) is 14.8 Å². The molecule has 3 heterocycles. The maximum Gasteiger partial charge on any atom is 0.410 e. The van der Waals surface area contributed by atoms with Crippen LogP contribution in [0.4, 0.5) is 16.3 Å². The first-order valence-corrected chi connectivity index (χ1v) is 14.6. The van der Waals surface area contributed by atoms with Crippen LogP contribution in [0.3, 0.4) is 0 Å². The van der Waals surface area contributed by atoms with Crippen molar-refractivity contribution < 1.29 is 17.9 Å². The van der Waals surface area contributed by atoms with E-state index in [1.807, 2.05) is 39.0 Å². The van der Waals surface area contributed by atoms with Gasteiger partial charge in [-0.15, -0.1) is 0 Å². The second kappa shape index (κ2) is 10.9. The van der Waals surface area contributed by atoms with Crippen LogP contribution in [0, 0.1) is 0 Å². The highest BCUT2D eigenvalue weighted by molar-refractivity contribution is 7.92. The van der Waals surface area contributed by atoms with Crippen molar-refractivity contribution in [1.29, 1.82) is 0 Å². The molecule has 0 spiro atoms. The second-order valence-corrected chi connectivity index (χ2v) is 12.4. The van der Waals surface area contributed by atoms with Crippen LogP contribution in [0.5, 0.6) is 0 Å². The lowest BCUT2D eigenvalue weighted by Gasteiger charge is -2.36. The number of nitrogens with zero attached hydrogens (tertiary/aromatic N) is 5. The first kappa shape index (κ1) is 27.6. The molecule has 4 aromatic rings. The van der Waals surface area contributed by atoms with Crippen molar-refractivity contribution >= 4 is 50.3 Å². The number of nitrogens with one attached hydrogen (secondary N) is 1. The Kier molecular flexibility index (Phi) is 7.52. The predicted molar refractivity (Wildman–Crippen MR) is 155 cm³/mol. The molecule has 5 rings (SSSR count). The smallest absolute Gasteiger partial charge is 0.410 e. The summed E-state index contributed by atoms with van der Waals surface area (Å²) in [6, 6.07) is 15.3. The minimum atomic E-state index is -3.84. The van der Waals surface area contributed by atoms with Gasteiger partial charge in [-0.05, 0) is 56.7 Å². The number of amides is 1. The molecule has 0 aliphatic carbocycles. The molecular weight excluding hydrogens is 552 g/mol. The third-order valence-corrected chi connectivity index (χ3v) is 7.94.